The molecule has 3 aliphatic heterocycles. The van der Waals surface area contributed by atoms with Crippen molar-refractivity contribution in [3.8, 4) is 0 Å². The minimum atomic E-state index is -0.633. The van der Waals surface area contributed by atoms with E-state index in [1.165, 1.54) is 0 Å². The summed E-state index contributed by atoms with van der Waals surface area (Å²) in [5.74, 6) is -0.396. The molecule has 3 aliphatic rings. The van der Waals surface area contributed by atoms with Crippen molar-refractivity contribution in [1.82, 2.24) is 20.0 Å². The number of carbonyl (C=O) groups is 4. The Balaban J connectivity index is 1.22. The molecule has 10 nitrogen and oxygen atoms in total. The maximum Gasteiger partial charge on any atom is 0.251 e. The Kier molecular flexibility index (Phi) is 9.84. The number of likely N-dealkylation sites (tertiary alicyclic amines) is 2. The van der Waals surface area contributed by atoms with E-state index in [4.69, 9.17) is 5.73 Å². The fraction of sp³-hybridized carbons (Fsp3) is 0.667. The van der Waals surface area contributed by atoms with Crippen LogP contribution in [0, 0.1) is 11.8 Å². The molecule has 0 bridgehead atoms. The molecule has 4 rings (SSSR count). The fourth-order valence-electron chi connectivity index (χ4n) is 6.02. The Morgan fingerprint density at radius 1 is 1.02 bits per heavy atom. The number of fused-ring (bicyclic) bond motifs is 1. The van der Waals surface area contributed by atoms with Gasteiger partial charge in [0.2, 0.25) is 11.8 Å². The number of nitrogens with one attached hydrogen (secondary N) is 1. The van der Waals surface area contributed by atoms with Gasteiger partial charge in [-0.1, -0.05) is 27.2 Å². The highest BCUT2D eigenvalue weighted by Gasteiger charge is 2.52. The highest BCUT2D eigenvalue weighted by Crippen LogP contribution is 2.31. The van der Waals surface area contributed by atoms with E-state index >= 15 is 0 Å². The molecule has 0 spiro atoms. The van der Waals surface area contributed by atoms with Crippen LogP contribution in [0.15, 0.2) is 24.3 Å². The number of amides is 3. The first-order valence-electron chi connectivity index (χ1n) is 14.8. The molecule has 1 aromatic carbocycles. The summed E-state index contributed by atoms with van der Waals surface area (Å²) >= 11 is 0. The molecule has 5 atom stereocenters. The normalized spacial score (nSPS) is 23.6. The summed E-state index contributed by atoms with van der Waals surface area (Å²) in [4.78, 5) is 59.6. The molecule has 0 aliphatic carbocycles. The molecule has 3 fully saturated rings. The summed E-state index contributed by atoms with van der Waals surface area (Å²) in [7, 11) is 2.13. The van der Waals surface area contributed by atoms with E-state index in [2.05, 4.69) is 22.2 Å². The molecule has 1 aromatic rings. The molecule has 3 saturated heterocycles. The lowest BCUT2D eigenvalue weighted by atomic mass is 9.98. The van der Waals surface area contributed by atoms with Crippen molar-refractivity contribution < 1.29 is 19.2 Å². The van der Waals surface area contributed by atoms with Gasteiger partial charge in [0, 0.05) is 56.9 Å². The first-order valence-corrected chi connectivity index (χ1v) is 14.8. The van der Waals surface area contributed by atoms with Gasteiger partial charge in [-0.05, 0) is 56.0 Å². The Hall–Kier alpha value is -2.98. The van der Waals surface area contributed by atoms with Gasteiger partial charge in [0.15, 0.2) is 5.78 Å². The van der Waals surface area contributed by atoms with Crippen LogP contribution in [0.1, 0.15) is 56.8 Å². The number of nitrogens with zero attached hydrogens (tertiary/aromatic N) is 4. The third kappa shape index (κ3) is 6.66. The molecule has 10 heteroatoms. The Morgan fingerprint density at radius 3 is 2.35 bits per heavy atom. The quantitative estimate of drug-likeness (QED) is 0.448. The smallest absolute Gasteiger partial charge is 0.251 e. The number of benzene rings is 1. The minimum Gasteiger partial charge on any atom is -0.369 e. The van der Waals surface area contributed by atoms with Crippen molar-refractivity contribution >= 4 is 29.2 Å². The maximum absolute atomic E-state index is 13.2. The van der Waals surface area contributed by atoms with Gasteiger partial charge in [-0.3, -0.25) is 19.2 Å². The number of likely N-dealkylation sites (N-methyl/N-ethyl adjacent to an activating group) is 1. The van der Waals surface area contributed by atoms with E-state index in [9.17, 15) is 19.2 Å². The summed E-state index contributed by atoms with van der Waals surface area (Å²) in [5, 5.41) is 2.97. The Morgan fingerprint density at radius 2 is 1.70 bits per heavy atom. The van der Waals surface area contributed by atoms with E-state index in [0.717, 1.165) is 38.3 Å². The summed E-state index contributed by atoms with van der Waals surface area (Å²) in [5.41, 5.74) is 7.92. The molecule has 0 aromatic heterocycles. The highest BCUT2D eigenvalue weighted by molar-refractivity contribution is 5.98. The first kappa shape index (κ1) is 30.0. The average Bonchev–Trinajstić information content (AvgIpc) is 3.53. The zero-order chi connectivity index (χ0) is 29.0. The monoisotopic (exact) mass is 554 g/mol. The second-order valence-corrected chi connectivity index (χ2v) is 11.9. The number of ketones is 1. The van der Waals surface area contributed by atoms with Crippen LogP contribution in [0.25, 0.3) is 0 Å². The van der Waals surface area contributed by atoms with Crippen LogP contribution >= 0.6 is 0 Å². The number of carbonyl (C=O) groups excluding carboxylic acids is 4. The largest absolute Gasteiger partial charge is 0.369 e. The van der Waals surface area contributed by atoms with Crippen LogP contribution in [0.3, 0.4) is 0 Å². The van der Waals surface area contributed by atoms with E-state index in [1.54, 1.807) is 9.80 Å². The van der Waals surface area contributed by atoms with Gasteiger partial charge in [-0.15, -0.1) is 0 Å². The number of Topliss-reactive ketones (excluding diaryl/α,β-unsaturated/α-hetero) is 1. The first-order chi connectivity index (χ1) is 19.1. The summed E-state index contributed by atoms with van der Waals surface area (Å²) < 4.78 is 0. The minimum absolute atomic E-state index is 0.0278. The Labute approximate surface area is 238 Å². The summed E-state index contributed by atoms with van der Waals surface area (Å²) in [6, 6.07) is 6.25. The van der Waals surface area contributed by atoms with Crippen LogP contribution in [-0.2, 0) is 14.4 Å². The van der Waals surface area contributed by atoms with E-state index in [0.29, 0.717) is 37.9 Å². The predicted octanol–water partition coefficient (Wildman–Crippen LogP) is 1.34. The summed E-state index contributed by atoms with van der Waals surface area (Å²) in [6.07, 6.45) is 2.33. The molecule has 3 N–H and O–H groups in total. The zero-order valence-corrected chi connectivity index (χ0v) is 24.5. The topological polar surface area (TPSA) is 119 Å². The molecule has 5 unspecified atom stereocenters. The number of hydrogen-bond donors (Lipinski definition) is 2. The molecule has 3 heterocycles. The molecule has 220 valence electrons. The fourth-order valence-corrected chi connectivity index (χ4v) is 6.02. The van der Waals surface area contributed by atoms with Crippen molar-refractivity contribution in [2.75, 3.05) is 57.8 Å². The van der Waals surface area contributed by atoms with Crippen molar-refractivity contribution in [1.29, 1.82) is 0 Å². The van der Waals surface area contributed by atoms with Gasteiger partial charge in [-0.2, -0.15) is 0 Å². The second-order valence-electron chi connectivity index (χ2n) is 11.9. The van der Waals surface area contributed by atoms with Crippen LogP contribution in [0.2, 0.25) is 0 Å². The third-order valence-corrected chi connectivity index (χ3v) is 9.01. The Bertz CT molecular complexity index is 1070. The van der Waals surface area contributed by atoms with E-state index in [1.807, 2.05) is 45.0 Å². The van der Waals surface area contributed by atoms with Crippen LogP contribution in [0.4, 0.5) is 5.69 Å². The number of rotatable bonds is 10. The van der Waals surface area contributed by atoms with Crippen molar-refractivity contribution in [3.63, 3.8) is 0 Å². The van der Waals surface area contributed by atoms with Gasteiger partial charge < -0.3 is 30.7 Å². The second kappa shape index (κ2) is 13.1. The van der Waals surface area contributed by atoms with Gasteiger partial charge in [-0.25, -0.2) is 0 Å². The van der Waals surface area contributed by atoms with Crippen LogP contribution in [0.5, 0.6) is 0 Å². The number of hydrogen-bond acceptors (Lipinski definition) is 7. The average molecular weight is 555 g/mol. The summed E-state index contributed by atoms with van der Waals surface area (Å²) in [6.45, 7) is 10.9. The lowest BCUT2D eigenvalue weighted by Crippen LogP contribution is -2.50. The van der Waals surface area contributed by atoms with Crippen molar-refractivity contribution in [2.45, 2.75) is 64.6 Å². The molecule has 0 radical (unpaired) electrons. The standard InChI is InChI=1S/C30H46N6O4/c1-5-21(3)27(31)30(40)36-19-25(37)28-24(36)11-13-35(28)26(38)18-20(2)10-12-32-29(39)22-6-8-23(9-7-22)34-16-14-33(4)15-17-34/h6-9,20-21,24,27-28H,5,10-19,31H2,1-4H3,(H,32,39). The number of anilines is 1. The number of nitrogens with two attached hydrogens (primary N) is 1. The van der Waals surface area contributed by atoms with Crippen LogP contribution in [-0.4, -0.2) is 109 Å². The van der Waals surface area contributed by atoms with Crippen molar-refractivity contribution in [3.05, 3.63) is 29.8 Å². The van der Waals surface area contributed by atoms with Gasteiger partial charge in [0.05, 0.1) is 18.6 Å². The van der Waals surface area contributed by atoms with Gasteiger partial charge >= 0.3 is 0 Å². The predicted molar refractivity (Wildman–Crippen MR) is 155 cm³/mol. The number of piperazine rings is 1. The van der Waals surface area contributed by atoms with Crippen molar-refractivity contribution in [2.24, 2.45) is 17.6 Å². The zero-order valence-electron chi connectivity index (χ0n) is 24.5. The van der Waals surface area contributed by atoms with E-state index in [-0.39, 0.29) is 47.9 Å². The molecule has 0 saturated carbocycles. The molecular formula is C30H46N6O4. The molecular weight excluding hydrogens is 508 g/mol. The SMILES string of the molecule is CCC(C)C(N)C(=O)N1CC(=O)C2C1CCN2C(=O)CC(C)CCNC(=O)c1ccc(N2CCN(C)CC2)cc1. The third-order valence-electron chi connectivity index (χ3n) is 9.01. The van der Waals surface area contributed by atoms with Crippen LogP contribution < -0.4 is 16.0 Å². The lowest BCUT2D eigenvalue weighted by Gasteiger charge is -2.34. The lowest BCUT2D eigenvalue weighted by molar-refractivity contribution is -0.137. The molecule has 3 amide bonds. The van der Waals surface area contributed by atoms with Gasteiger partial charge in [0.25, 0.3) is 5.91 Å². The molecule has 40 heavy (non-hydrogen) atoms. The highest BCUT2D eigenvalue weighted by atomic mass is 16.2. The van der Waals surface area contributed by atoms with Gasteiger partial charge in [0.1, 0.15) is 6.04 Å². The maximum atomic E-state index is 13.2. The van der Waals surface area contributed by atoms with E-state index < -0.39 is 12.1 Å².